The summed E-state index contributed by atoms with van der Waals surface area (Å²) in [6, 6.07) is 7.03. The summed E-state index contributed by atoms with van der Waals surface area (Å²) < 4.78 is 69.5. The first-order valence-corrected chi connectivity index (χ1v) is 9.02. The maximum absolute atomic E-state index is 12.5. The Bertz CT molecular complexity index is 840. The van der Waals surface area contributed by atoms with Crippen molar-refractivity contribution in [2.24, 2.45) is 0 Å². The van der Waals surface area contributed by atoms with Crippen molar-refractivity contribution in [2.75, 3.05) is 0 Å². The Balaban J connectivity index is 1.79. The molecule has 0 fully saturated rings. The van der Waals surface area contributed by atoms with E-state index in [9.17, 15) is 21.6 Å². The molecule has 4 nitrogen and oxygen atoms in total. The third kappa shape index (κ3) is 3.49. The Kier molecular flexibility index (Phi) is 4.44. The maximum atomic E-state index is 12.5. The molecule has 1 aromatic carbocycles. The van der Waals surface area contributed by atoms with Gasteiger partial charge in [-0.1, -0.05) is 12.1 Å². The highest BCUT2D eigenvalue weighted by Gasteiger charge is 2.34. The Morgan fingerprint density at radius 2 is 1.83 bits per heavy atom. The van der Waals surface area contributed by atoms with Crippen LogP contribution in [0.3, 0.4) is 0 Å². The van der Waals surface area contributed by atoms with E-state index in [4.69, 9.17) is 0 Å². The molecular weight excluding hydrogens is 343 g/mol. The molecule has 0 bridgehead atoms. The fourth-order valence-electron chi connectivity index (χ4n) is 2.87. The number of furan rings is 1. The zero-order valence-corrected chi connectivity index (χ0v) is 13.5. The Morgan fingerprint density at radius 3 is 2.54 bits per heavy atom. The number of aryl methyl sites for hydroxylation is 1. The molecule has 3 rings (SSSR count). The largest absolute Gasteiger partial charge is 0.455 e. The minimum Gasteiger partial charge on any atom is -0.455 e. The van der Waals surface area contributed by atoms with Crippen molar-refractivity contribution in [1.29, 1.82) is 0 Å². The van der Waals surface area contributed by atoms with Crippen LogP contribution < -0.4 is 4.72 Å². The first-order valence-electron chi connectivity index (χ1n) is 7.54. The molecule has 1 aromatic heterocycles. The van der Waals surface area contributed by atoms with Gasteiger partial charge in [-0.05, 0) is 55.0 Å². The average Bonchev–Trinajstić information content (AvgIpc) is 3.02. The molecule has 1 N–H and O–H groups in total. The van der Waals surface area contributed by atoms with Crippen molar-refractivity contribution in [2.45, 2.75) is 43.3 Å². The molecule has 0 saturated heterocycles. The molecule has 24 heavy (non-hydrogen) atoms. The highest BCUT2D eigenvalue weighted by molar-refractivity contribution is 7.89. The molecule has 0 amide bonds. The quantitative estimate of drug-likeness (QED) is 0.906. The van der Waals surface area contributed by atoms with Crippen molar-refractivity contribution in [3.05, 3.63) is 53.0 Å². The summed E-state index contributed by atoms with van der Waals surface area (Å²) in [5.74, 6) is -1.23. The van der Waals surface area contributed by atoms with Gasteiger partial charge in [-0.15, -0.1) is 0 Å². The van der Waals surface area contributed by atoms with Crippen LogP contribution in [0, 0.1) is 0 Å². The van der Waals surface area contributed by atoms with Crippen molar-refractivity contribution >= 4 is 10.0 Å². The van der Waals surface area contributed by atoms with Crippen molar-refractivity contribution in [3.8, 4) is 0 Å². The molecule has 2 aromatic rings. The van der Waals surface area contributed by atoms with Gasteiger partial charge in [-0.2, -0.15) is 13.2 Å². The normalized spacial score (nSPS) is 15.3. The number of hydrogen-bond acceptors (Lipinski definition) is 3. The van der Waals surface area contributed by atoms with Crippen molar-refractivity contribution in [3.63, 3.8) is 0 Å². The zero-order valence-electron chi connectivity index (χ0n) is 12.7. The Labute approximate surface area is 137 Å². The summed E-state index contributed by atoms with van der Waals surface area (Å²) in [5, 5.41) is 0. The second kappa shape index (κ2) is 6.25. The number of alkyl halides is 3. The fraction of sp³-hybridized carbons (Fsp3) is 0.375. The van der Waals surface area contributed by atoms with Gasteiger partial charge in [0.25, 0.3) is 0 Å². The van der Waals surface area contributed by atoms with Crippen LogP contribution in [0.25, 0.3) is 0 Å². The summed E-state index contributed by atoms with van der Waals surface area (Å²) in [5.41, 5.74) is 1.81. The van der Waals surface area contributed by atoms with E-state index >= 15 is 0 Å². The van der Waals surface area contributed by atoms with Crippen molar-refractivity contribution < 1.29 is 26.0 Å². The van der Waals surface area contributed by atoms with Crippen LogP contribution in [0.15, 0.2) is 39.6 Å². The topological polar surface area (TPSA) is 59.3 Å². The minimum absolute atomic E-state index is 0.0873. The van der Waals surface area contributed by atoms with Crippen LogP contribution in [0.4, 0.5) is 13.2 Å². The van der Waals surface area contributed by atoms with Gasteiger partial charge in [-0.3, -0.25) is 0 Å². The number of fused-ring (bicyclic) bond motifs is 1. The lowest BCUT2D eigenvalue weighted by Gasteiger charge is -2.19. The van der Waals surface area contributed by atoms with Gasteiger partial charge in [0.2, 0.25) is 15.8 Å². The Morgan fingerprint density at radius 1 is 1.08 bits per heavy atom. The summed E-state index contributed by atoms with van der Waals surface area (Å²) in [6.45, 7) is -0.331. The summed E-state index contributed by atoms with van der Waals surface area (Å²) in [4.78, 5) is 0.197. The third-order valence-corrected chi connectivity index (χ3v) is 5.51. The predicted molar refractivity (Wildman–Crippen MR) is 80.8 cm³/mol. The summed E-state index contributed by atoms with van der Waals surface area (Å²) >= 11 is 0. The van der Waals surface area contributed by atoms with Gasteiger partial charge in [0.1, 0.15) is 5.76 Å². The molecule has 0 atom stereocenters. The van der Waals surface area contributed by atoms with E-state index in [2.05, 4.69) is 9.14 Å². The van der Waals surface area contributed by atoms with E-state index in [-0.39, 0.29) is 17.2 Å². The van der Waals surface area contributed by atoms with E-state index in [1.807, 2.05) is 6.07 Å². The number of rotatable bonds is 4. The van der Waals surface area contributed by atoms with Crippen molar-refractivity contribution in [1.82, 2.24) is 4.72 Å². The molecule has 1 aliphatic carbocycles. The molecule has 0 saturated carbocycles. The maximum Gasteiger partial charge on any atom is 0.449 e. The lowest BCUT2D eigenvalue weighted by Crippen LogP contribution is -2.25. The van der Waals surface area contributed by atoms with E-state index in [1.54, 1.807) is 6.07 Å². The highest BCUT2D eigenvalue weighted by atomic mass is 32.2. The van der Waals surface area contributed by atoms with Gasteiger partial charge < -0.3 is 4.42 Å². The van der Waals surface area contributed by atoms with E-state index in [1.165, 1.54) is 6.07 Å². The molecule has 8 heteroatoms. The van der Waals surface area contributed by atoms with Crippen LogP contribution in [-0.4, -0.2) is 8.42 Å². The third-order valence-electron chi connectivity index (χ3n) is 4.02. The molecule has 0 radical (unpaired) electrons. The molecule has 1 aliphatic rings. The smallest absolute Gasteiger partial charge is 0.449 e. The first kappa shape index (κ1) is 17.0. The van der Waals surface area contributed by atoms with E-state index < -0.39 is 22.0 Å². The Hall–Kier alpha value is -1.80. The molecule has 1 heterocycles. The van der Waals surface area contributed by atoms with Crippen LogP contribution in [0.2, 0.25) is 0 Å². The van der Waals surface area contributed by atoms with Gasteiger partial charge >= 0.3 is 6.18 Å². The number of halogens is 3. The molecule has 0 spiro atoms. The summed E-state index contributed by atoms with van der Waals surface area (Å²) in [7, 11) is -3.82. The van der Waals surface area contributed by atoms with Gasteiger partial charge in [0.05, 0.1) is 11.4 Å². The second-order valence-electron chi connectivity index (χ2n) is 5.69. The molecular formula is C16H16F3NO3S. The monoisotopic (exact) mass is 359 g/mol. The van der Waals surface area contributed by atoms with Gasteiger partial charge in [0, 0.05) is 0 Å². The first-order chi connectivity index (χ1) is 11.3. The molecule has 130 valence electrons. The van der Waals surface area contributed by atoms with E-state index in [0.29, 0.717) is 6.42 Å². The number of hydrogen-bond donors (Lipinski definition) is 1. The lowest BCUT2D eigenvalue weighted by molar-refractivity contribution is -0.153. The number of sulfonamides is 1. The zero-order chi connectivity index (χ0) is 17.4. The highest BCUT2D eigenvalue weighted by Crippen LogP contribution is 2.31. The second-order valence-corrected chi connectivity index (χ2v) is 7.42. The lowest BCUT2D eigenvalue weighted by atomic mass is 9.92. The SMILES string of the molecule is O=S(=O)(NCc1ccc(C(F)(F)F)o1)c1cccc2c1CCCC2. The minimum atomic E-state index is -4.59. The van der Waals surface area contributed by atoms with Crippen LogP contribution in [-0.2, 0) is 35.6 Å². The van der Waals surface area contributed by atoms with Crippen LogP contribution in [0.1, 0.15) is 35.5 Å². The van der Waals surface area contributed by atoms with Crippen LogP contribution in [0.5, 0.6) is 0 Å². The number of benzene rings is 1. The van der Waals surface area contributed by atoms with Gasteiger partial charge in [0.15, 0.2) is 0 Å². The van der Waals surface area contributed by atoms with Crippen LogP contribution >= 0.6 is 0 Å². The molecule has 0 unspecified atom stereocenters. The predicted octanol–water partition coefficient (Wildman–Crippen LogP) is 3.66. The summed E-state index contributed by atoms with van der Waals surface area (Å²) in [6.07, 6.45) is -1.12. The fourth-order valence-corrected chi connectivity index (χ4v) is 4.17. The van der Waals surface area contributed by atoms with Gasteiger partial charge in [-0.25, -0.2) is 13.1 Å². The standard InChI is InChI=1S/C16H16F3NO3S/c17-16(18,19)15-9-8-12(23-15)10-20-24(21,22)14-7-3-5-11-4-1-2-6-13(11)14/h3,5,7-9,20H,1-2,4,6,10H2. The molecule has 0 aliphatic heterocycles. The van der Waals surface area contributed by atoms with E-state index in [0.717, 1.165) is 42.5 Å². The average molecular weight is 359 g/mol. The number of nitrogens with one attached hydrogen (secondary N) is 1.